The van der Waals surface area contributed by atoms with E-state index in [1.165, 1.54) is 18.5 Å². The number of nitrogens with zero attached hydrogens (tertiary/aromatic N) is 3. The van der Waals surface area contributed by atoms with Gasteiger partial charge in [0.1, 0.15) is 5.69 Å². The quantitative estimate of drug-likeness (QED) is 0.381. The van der Waals surface area contributed by atoms with Crippen LogP contribution >= 0.6 is 11.6 Å². The molecule has 0 amide bonds. The fourth-order valence-corrected chi connectivity index (χ4v) is 3.80. The molecule has 0 aliphatic carbocycles. The topological polar surface area (TPSA) is 71.3 Å². The van der Waals surface area contributed by atoms with Crippen LogP contribution in [0.15, 0.2) is 48.5 Å². The molecular formula is C20H19ClN4O2. The summed E-state index contributed by atoms with van der Waals surface area (Å²) in [5.74, 6) is 0. The summed E-state index contributed by atoms with van der Waals surface area (Å²) >= 11 is 6.10. The first-order chi connectivity index (χ1) is 13.1. The normalized spacial score (nSPS) is 13.9. The van der Waals surface area contributed by atoms with Crippen molar-refractivity contribution in [3.63, 3.8) is 0 Å². The van der Waals surface area contributed by atoms with E-state index in [1.807, 2.05) is 30.3 Å². The van der Waals surface area contributed by atoms with Gasteiger partial charge >= 0.3 is 5.69 Å². The number of nitro groups is 1. The second-order valence-corrected chi connectivity index (χ2v) is 6.98. The van der Waals surface area contributed by atoms with Gasteiger partial charge in [-0.05, 0) is 36.6 Å². The third kappa shape index (κ3) is 3.53. The van der Waals surface area contributed by atoms with Crippen LogP contribution in [-0.2, 0) is 6.54 Å². The molecule has 0 radical (unpaired) electrons. The third-order valence-corrected chi connectivity index (χ3v) is 5.12. The maximum atomic E-state index is 11.6. The summed E-state index contributed by atoms with van der Waals surface area (Å²) in [6, 6.07) is 15.6. The van der Waals surface area contributed by atoms with Crippen LogP contribution in [0.1, 0.15) is 18.4 Å². The number of anilines is 2. The molecule has 0 unspecified atom stereocenters. The van der Waals surface area contributed by atoms with Crippen molar-refractivity contribution in [3.05, 3.63) is 69.4 Å². The number of para-hydroxylation sites is 1. The summed E-state index contributed by atoms with van der Waals surface area (Å²) in [6.07, 6.45) is 2.44. The van der Waals surface area contributed by atoms with Gasteiger partial charge in [0.05, 0.1) is 10.4 Å². The minimum absolute atomic E-state index is 0.105. The van der Waals surface area contributed by atoms with Gasteiger partial charge in [-0.25, -0.2) is 4.98 Å². The monoisotopic (exact) mass is 382 g/mol. The number of aromatic nitrogens is 1. The lowest BCUT2D eigenvalue weighted by molar-refractivity contribution is -0.384. The lowest BCUT2D eigenvalue weighted by atomic mass is 10.1. The van der Waals surface area contributed by atoms with Crippen LogP contribution < -0.4 is 10.2 Å². The zero-order chi connectivity index (χ0) is 18.8. The number of rotatable bonds is 5. The summed E-state index contributed by atoms with van der Waals surface area (Å²) < 4.78 is 0. The molecule has 4 rings (SSSR count). The smallest absolute Gasteiger partial charge is 0.329 e. The third-order valence-electron chi connectivity index (χ3n) is 4.86. The van der Waals surface area contributed by atoms with Gasteiger partial charge in [0, 0.05) is 30.7 Å². The van der Waals surface area contributed by atoms with E-state index in [1.54, 1.807) is 6.07 Å². The molecule has 1 fully saturated rings. The van der Waals surface area contributed by atoms with Gasteiger partial charge in [0.15, 0.2) is 0 Å². The van der Waals surface area contributed by atoms with Crippen LogP contribution in [0.3, 0.4) is 0 Å². The van der Waals surface area contributed by atoms with E-state index in [0.29, 0.717) is 23.1 Å². The Bertz CT molecular complexity index is 1000. The zero-order valence-electron chi connectivity index (χ0n) is 14.7. The Morgan fingerprint density at radius 1 is 1.15 bits per heavy atom. The highest BCUT2D eigenvalue weighted by atomic mass is 35.5. The highest BCUT2D eigenvalue weighted by molar-refractivity contribution is 6.33. The van der Waals surface area contributed by atoms with Crippen molar-refractivity contribution < 1.29 is 4.92 Å². The number of fused-ring (bicyclic) bond motifs is 1. The van der Waals surface area contributed by atoms with E-state index in [4.69, 9.17) is 11.6 Å². The van der Waals surface area contributed by atoms with Gasteiger partial charge in [-0.2, -0.15) is 0 Å². The predicted molar refractivity (Wildman–Crippen MR) is 109 cm³/mol. The molecule has 3 aromatic rings. The number of nitrogens with one attached hydrogen (secondary N) is 1. The lowest BCUT2D eigenvalue weighted by Crippen LogP contribution is -2.17. The Hall–Kier alpha value is -2.86. The Morgan fingerprint density at radius 2 is 1.93 bits per heavy atom. The Kier molecular flexibility index (Phi) is 4.81. The first kappa shape index (κ1) is 17.5. The largest absolute Gasteiger partial charge is 0.375 e. The van der Waals surface area contributed by atoms with Crippen molar-refractivity contribution >= 4 is 39.6 Å². The van der Waals surface area contributed by atoms with Gasteiger partial charge in [-0.3, -0.25) is 10.1 Å². The van der Waals surface area contributed by atoms with Gasteiger partial charge < -0.3 is 10.2 Å². The molecule has 0 spiro atoms. The zero-order valence-corrected chi connectivity index (χ0v) is 15.4. The predicted octanol–water partition coefficient (Wildman–Crippen LogP) is 5.01. The van der Waals surface area contributed by atoms with Crippen molar-refractivity contribution in [2.75, 3.05) is 23.3 Å². The molecule has 1 aromatic heterocycles. The van der Waals surface area contributed by atoms with Gasteiger partial charge in [-0.15, -0.1) is 0 Å². The summed E-state index contributed by atoms with van der Waals surface area (Å²) in [5, 5.41) is 15.4. The first-order valence-corrected chi connectivity index (χ1v) is 9.31. The van der Waals surface area contributed by atoms with E-state index in [0.717, 1.165) is 18.7 Å². The van der Waals surface area contributed by atoms with Gasteiger partial charge in [-0.1, -0.05) is 41.9 Å². The highest BCUT2D eigenvalue weighted by Crippen LogP contribution is 2.37. The molecular weight excluding hydrogens is 364 g/mol. The molecule has 138 valence electrons. The van der Waals surface area contributed by atoms with Crippen LogP contribution in [0.5, 0.6) is 0 Å². The number of hydrogen-bond donors (Lipinski definition) is 1. The van der Waals surface area contributed by atoms with Crippen LogP contribution in [-0.4, -0.2) is 23.0 Å². The van der Waals surface area contributed by atoms with Crippen molar-refractivity contribution in [1.82, 2.24) is 4.98 Å². The molecule has 1 aliphatic rings. The summed E-state index contributed by atoms with van der Waals surface area (Å²) in [7, 11) is 0. The Labute approximate surface area is 161 Å². The molecule has 0 atom stereocenters. The lowest BCUT2D eigenvalue weighted by Gasteiger charge is -2.18. The Balaban J connectivity index is 1.66. The number of hydrogen-bond acceptors (Lipinski definition) is 5. The van der Waals surface area contributed by atoms with E-state index < -0.39 is 4.92 Å². The van der Waals surface area contributed by atoms with E-state index in [9.17, 15) is 10.1 Å². The number of halogens is 1. The van der Waals surface area contributed by atoms with E-state index in [2.05, 4.69) is 27.3 Å². The van der Waals surface area contributed by atoms with Gasteiger partial charge in [0.25, 0.3) is 0 Å². The molecule has 7 heteroatoms. The van der Waals surface area contributed by atoms with Crippen molar-refractivity contribution in [3.8, 4) is 0 Å². The molecule has 1 saturated heterocycles. The average Bonchev–Trinajstić information content (AvgIpc) is 3.20. The maximum Gasteiger partial charge on any atom is 0.329 e. The molecule has 2 aromatic carbocycles. The van der Waals surface area contributed by atoms with Crippen molar-refractivity contribution in [2.24, 2.45) is 0 Å². The SMILES string of the molecule is O=[N+]([O-])c1c(Cl)nc2ccccc2c1NCc1cccc(N2CCCC2)c1. The highest BCUT2D eigenvalue weighted by Gasteiger charge is 2.23. The molecule has 0 saturated carbocycles. The molecule has 0 bridgehead atoms. The second kappa shape index (κ2) is 7.40. The van der Waals surface area contributed by atoms with E-state index >= 15 is 0 Å². The minimum atomic E-state index is -0.481. The molecule has 27 heavy (non-hydrogen) atoms. The second-order valence-electron chi connectivity index (χ2n) is 6.62. The average molecular weight is 383 g/mol. The molecule has 1 N–H and O–H groups in total. The summed E-state index contributed by atoms with van der Waals surface area (Å²) in [6.45, 7) is 2.62. The van der Waals surface area contributed by atoms with Crippen molar-refractivity contribution in [2.45, 2.75) is 19.4 Å². The van der Waals surface area contributed by atoms with Crippen LogP contribution in [0.2, 0.25) is 5.15 Å². The molecule has 2 heterocycles. The van der Waals surface area contributed by atoms with Crippen molar-refractivity contribution in [1.29, 1.82) is 0 Å². The fraction of sp³-hybridized carbons (Fsp3) is 0.250. The van der Waals surface area contributed by atoms with Crippen LogP contribution in [0.4, 0.5) is 17.1 Å². The fourth-order valence-electron chi connectivity index (χ4n) is 3.55. The number of benzene rings is 2. The Morgan fingerprint density at radius 3 is 2.70 bits per heavy atom. The molecule has 1 aliphatic heterocycles. The van der Waals surface area contributed by atoms with Crippen LogP contribution in [0, 0.1) is 10.1 Å². The minimum Gasteiger partial charge on any atom is -0.375 e. The summed E-state index contributed by atoms with van der Waals surface area (Å²) in [5.41, 5.74) is 3.10. The van der Waals surface area contributed by atoms with Gasteiger partial charge in [0.2, 0.25) is 5.15 Å². The molecule has 6 nitrogen and oxygen atoms in total. The van der Waals surface area contributed by atoms with E-state index in [-0.39, 0.29) is 10.8 Å². The maximum absolute atomic E-state index is 11.6. The van der Waals surface area contributed by atoms with Crippen LogP contribution in [0.25, 0.3) is 10.9 Å². The summed E-state index contributed by atoms with van der Waals surface area (Å²) in [4.78, 5) is 17.6. The number of pyridine rings is 1. The first-order valence-electron chi connectivity index (χ1n) is 8.94. The standard InChI is InChI=1S/C20H19ClN4O2/c21-20-19(25(26)27)18(16-8-1-2-9-17(16)23-20)22-13-14-6-5-7-15(12-14)24-10-3-4-11-24/h1-2,5-9,12H,3-4,10-11,13H2,(H,22,23).